The van der Waals surface area contributed by atoms with Crippen LogP contribution < -0.4 is 5.73 Å². The largest absolute Gasteiger partial charge is 0.339 e. The number of pyridine rings is 1. The van der Waals surface area contributed by atoms with Gasteiger partial charge in [-0.15, -0.1) is 0 Å². The van der Waals surface area contributed by atoms with E-state index in [0.29, 0.717) is 23.2 Å². The van der Waals surface area contributed by atoms with E-state index in [-0.39, 0.29) is 0 Å². The summed E-state index contributed by atoms with van der Waals surface area (Å²) in [5.41, 5.74) is 6.85. The number of nitrogens with two attached hydrogens (primary N) is 1. The van der Waals surface area contributed by atoms with Gasteiger partial charge in [0.2, 0.25) is 0 Å². The van der Waals surface area contributed by atoms with E-state index in [1.165, 1.54) is 0 Å². The average Bonchev–Trinajstić information content (AvgIpc) is 2.48. The highest BCUT2D eigenvalue weighted by Crippen LogP contribution is 2.23. The summed E-state index contributed by atoms with van der Waals surface area (Å²) in [6, 6.07) is 1.83. The third-order valence-corrected chi connectivity index (χ3v) is 2.75. The maximum Gasteiger partial charge on any atom is 0.179 e. The number of nitrogens with zero attached hydrogens (tertiary/aromatic N) is 2. The molecule has 0 aromatic carbocycles. The quantitative estimate of drug-likeness (QED) is 0.770. The second-order valence-corrected chi connectivity index (χ2v) is 3.73. The Morgan fingerprint density at radius 2 is 2.31 bits per heavy atom. The first-order valence-corrected chi connectivity index (χ1v) is 4.78. The molecule has 4 nitrogen and oxygen atoms in total. The van der Waals surface area contributed by atoms with E-state index < -0.39 is 0 Å². The summed E-state index contributed by atoms with van der Waals surface area (Å²) in [4.78, 5) is 11.2. The number of aromatic amines is 1. The lowest BCUT2D eigenvalue weighted by atomic mass is 10.4. The minimum Gasteiger partial charge on any atom is -0.339 e. The lowest BCUT2D eigenvalue weighted by Gasteiger charge is -1.92. The van der Waals surface area contributed by atoms with Crippen molar-refractivity contribution in [1.29, 1.82) is 0 Å². The molecule has 0 spiro atoms. The molecule has 0 saturated heterocycles. The van der Waals surface area contributed by atoms with Gasteiger partial charge in [0.25, 0.3) is 0 Å². The fourth-order valence-electron chi connectivity index (χ4n) is 1.04. The van der Waals surface area contributed by atoms with Gasteiger partial charge in [0.1, 0.15) is 11.0 Å². The Kier molecular flexibility index (Phi) is 2.23. The van der Waals surface area contributed by atoms with Crippen molar-refractivity contribution in [1.82, 2.24) is 15.0 Å². The summed E-state index contributed by atoms with van der Waals surface area (Å²) in [5, 5.41) is 0.405. The van der Waals surface area contributed by atoms with Gasteiger partial charge in [-0.25, -0.2) is 9.97 Å². The number of fused-ring (bicyclic) bond motifs is 1. The summed E-state index contributed by atoms with van der Waals surface area (Å²) < 4.78 is 0.744. The fourth-order valence-corrected chi connectivity index (χ4v) is 1.49. The van der Waals surface area contributed by atoms with Crippen LogP contribution in [0.25, 0.3) is 11.2 Å². The van der Waals surface area contributed by atoms with Crippen LogP contribution in [0.1, 0.15) is 5.82 Å². The first-order chi connectivity index (χ1) is 6.20. The topological polar surface area (TPSA) is 67.6 Å². The molecule has 0 aliphatic rings. The normalized spacial score (nSPS) is 11.0. The SMILES string of the molecule is NCc1nc2nc(Cl)c(Br)cc2[nH]1. The molecule has 13 heavy (non-hydrogen) atoms. The number of halogens is 2. The highest BCUT2D eigenvalue weighted by atomic mass is 79.9. The zero-order chi connectivity index (χ0) is 9.42. The maximum absolute atomic E-state index is 5.80. The molecule has 0 aliphatic carbocycles. The van der Waals surface area contributed by atoms with Gasteiger partial charge in [0.05, 0.1) is 16.5 Å². The van der Waals surface area contributed by atoms with Crippen LogP contribution in [-0.2, 0) is 6.54 Å². The average molecular weight is 262 g/mol. The van der Waals surface area contributed by atoms with E-state index in [2.05, 4.69) is 30.9 Å². The molecule has 2 aromatic heterocycles. The molecule has 0 saturated carbocycles. The van der Waals surface area contributed by atoms with E-state index >= 15 is 0 Å². The summed E-state index contributed by atoms with van der Waals surface area (Å²) >= 11 is 9.07. The van der Waals surface area contributed by atoms with E-state index in [1.807, 2.05) is 6.07 Å². The van der Waals surface area contributed by atoms with E-state index in [1.54, 1.807) is 0 Å². The first-order valence-electron chi connectivity index (χ1n) is 3.61. The highest BCUT2D eigenvalue weighted by Gasteiger charge is 2.06. The van der Waals surface area contributed by atoms with Crippen LogP contribution >= 0.6 is 27.5 Å². The number of hydrogen-bond acceptors (Lipinski definition) is 3. The van der Waals surface area contributed by atoms with Crippen molar-refractivity contribution in [2.75, 3.05) is 0 Å². The van der Waals surface area contributed by atoms with Crippen molar-refractivity contribution in [3.8, 4) is 0 Å². The third kappa shape index (κ3) is 1.54. The number of hydrogen-bond donors (Lipinski definition) is 2. The molecule has 3 N–H and O–H groups in total. The van der Waals surface area contributed by atoms with Crippen molar-refractivity contribution in [2.45, 2.75) is 6.54 Å². The van der Waals surface area contributed by atoms with E-state index in [4.69, 9.17) is 17.3 Å². The van der Waals surface area contributed by atoms with E-state index in [0.717, 1.165) is 9.99 Å². The smallest absolute Gasteiger partial charge is 0.179 e. The number of aromatic nitrogens is 3. The Morgan fingerprint density at radius 3 is 3.00 bits per heavy atom. The highest BCUT2D eigenvalue weighted by molar-refractivity contribution is 9.10. The van der Waals surface area contributed by atoms with Gasteiger partial charge in [-0.1, -0.05) is 11.6 Å². The van der Waals surface area contributed by atoms with Gasteiger partial charge in [-0.2, -0.15) is 0 Å². The van der Waals surface area contributed by atoms with Crippen LogP contribution in [0.5, 0.6) is 0 Å². The molecule has 2 heterocycles. The van der Waals surface area contributed by atoms with Crippen LogP contribution in [0.15, 0.2) is 10.5 Å². The zero-order valence-corrected chi connectivity index (χ0v) is 8.85. The minimum atomic E-state index is 0.367. The fraction of sp³-hybridized carbons (Fsp3) is 0.143. The molecule has 2 rings (SSSR count). The summed E-state index contributed by atoms with van der Waals surface area (Å²) in [7, 11) is 0. The molecular formula is C7H6BrClN4. The molecule has 0 bridgehead atoms. The monoisotopic (exact) mass is 260 g/mol. The van der Waals surface area contributed by atoms with Crippen LogP contribution in [-0.4, -0.2) is 15.0 Å². The van der Waals surface area contributed by atoms with E-state index in [9.17, 15) is 0 Å². The first kappa shape index (κ1) is 8.93. The molecule has 0 unspecified atom stereocenters. The zero-order valence-electron chi connectivity index (χ0n) is 6.51. The lowest BCUT2D eigenvalue weighted by molar-refractivity contribution is 0.956. The second kappa shape index (κ2) is 3.25. The minimum absolute atomic E-state index is 0.367. The molecule has 0 atom stereocenters. The molecule has 0 amide bonds. The van der Waals surface area contributed by atoms with Crippen molar-refractivity contribution >= 4 is 38.7 Å². The molecule has 6 heteroatoms. The van der Waals surface area contributed by atoms with Gasteiger partial charge in [0, 0.05) is 0 Å². The molecule has 2 aromatic rings. The maximum atomic E-state index is 5.80. The Hall–Kier alpha value is -0.650. The number of imidazole rings is 1. The Balaban J connectivity index is 2.70. The second-order valence-electron chi connectivity index (χ2n) is 2.52. The molecular weight excluding hydrogens is 255 g/mol. The number of H-pyrrole nitrogens is 1. The predicted molar refractivity (Wildman–Crippen MR) is 54.5 cm³/mol. The summed E-state index contributed by atoms with van der Waals surface area (Å²) in [6.07, 6.45) is 0. The standard InChI is InChI=1S/C7H6BrClN4/c8-3-1-4-7(13-6(3)9)12-5(2-10)11-4/h1H,2,10H2,(H,11,12,13). The molecule has 68 valence electrons. The van der Waals surface area contributed by atoms with Gasteiger partial charge in [-0.05, 0) is 22.0 Å². The van der Waals surface area contributed by atoms with Crippen LogP contribution in [0.3, 0.4) is 0 Å². The summed E-state index contributed by atoms with van der Waals surface area (Å²) in [5.74, 6) is 0.705. The predicted octanol–water partition coefficient (Wildman–Crippen LogP) is 1.83. The number of nitrogens with one attached hydrogen (secondary N) is 1. The van der Waals surface area contributed by atoms with Gasteiger partial charge in [0.15, 0.2) is 5.65 Å². The van der Waals surface area contributed by atoms with Crippen molar-refractivity contribution in [3.05, 3.63) is 21.5 Å². The Morgan fingerprint density at radius 1 is 1.54 bits per heavy atom. The third-order valence-electron chi connectivity index (χ3n) is 1.63. The molecule has 0 aliphatic heterocycles. The Labute approximate surface area is 87.6 Å². The Bertz CT molecular complexity index is 414. The molecule has 0 radical (unpaired) electrons. The lowest BCUT2D eigenvalue weighted by Crippen LogP contribution is -1.97. The number of rotatable bonds is 1. The summed E-state index contributed by atoms with van der Waals surface area (Å²) in [6.45, 7) is 0.367. The molecule has 0 fully saturated rings. The van der Waals surface area contributed by atoms with Crippen molar-refractivity contribution in [2.24, 2.45) is 5.73 Å². The van der Waals surface area contributed by atoms with Gasteiger partial charge >= 0.3 is 0 Å². The van der Waals surface area contributed by atoms with Crippen LogP contribution in [0.2, 0.25) is 5.15 Å². The van der Waals surface area contributed by atoms with Crippen LogP contribution in [0.4, 0.5) is 0 Å². The van der Waals surface area contributed by atoms with Crippen LogP contribution in [0, 0.1) is 0 Å². The van der Waals surface area contributed by atoms with Crippen molar-refractivity contribution in [3.63, 3.8) is 0 Å². The van der Waals surface area contributed by atoms with Gasteiger partial charge < -0.3 is 10.7 Å². The van der Waals surface area contributed by atoms with Gasteiger partial charge in [-0.3, -0.25) is 0 Å². The van der Waals surface area contributed by atoms with Crippen molar-refractivity contribution < 1.29 is 0 Å².